The molecular weight excluding hydrogens is 384 g/mol. The number of carbonyl (C=O) groups is 2. The lowest BCUT2D eigenvalue weighted by Crippen LogP contribution is -2.35. The predicted molar refractivity (Wildman–Crippen MR) is 99.0 cm³/mol. The minimum Gasteiger partial charge on any atom is -0.387 e. The Morgan fingerprint density at radius 3 is 2.56 bits per heavy atom. The number of nitrogens with one attached hydrogen (secondary N) is 1. The van der Waals surface area contributed by atoms with Gasteiger partial charge in [0.15, 0.2) is 0 Å². The van der Waals surface area contributed by atoms with Crippen molar-refractivity contribution in [2.75, 3.05) is 18.0 Å². The normalized spacial score (nSPS) is 18.2. The Kier molecular flexibility index (Phi) is 5.50. The number of anilines is 1. The van der Waals surface area contributed by atoms with Crippen LogP contribution in [0.15, 0.2) is 59.1 Å². The summed E-state index contributed by atoms with van der Waals surface area (Å²) in [5.41, 5.74) is 1.54. The second-order valence-electron chi connectivity index (χ2n) is 6.05. The van der Waals surface area contributed by atoms with Crippen LogP contribution in [0.1, 0.15) is 18.1 Å². The third-order valence-corrected chi connectivity index (χ3v) is 4.82. The molecule has 0 bridgehead atoms. The molecule has 0 unspecified atom stereocenters. The fourth-order valence-corrected chi connectivity index (χ4v) is 3.15. The molecule has 1 heterocycles. The van der Waals surface area contributed by atoms with Crippen LogP contribution >= 0.6 is 15.9 Å². The molecule has 0 spiro atoms. The highest BCUT2D eigenvalue weighted by Crippen LogP contribution is 2.26. The topological polar surface area (TPSA) is 69.6 Å². The molecule has 25 heavy (non-hydrogen) atoms. The Morgan fingerprint density at radius 2 is 1.88 bits per heavy atom. The summed E-state index contributed by atoms with van der Waals surface area (Å²) in [6, 6.07) is 16.6. The van der Waals surface area contributed by atoms with Crippen molar-refractivity contribution in [3.63, 3.8) is 0 Å². The zero-order valence-corrected chi connectivity index (χ0v) is 15.1. The molecule has 2 aromatic rings. The Hall–Kier alpha value is -2.18. The predicted octanol–water partition coefficient (Wildman–Crippen LogP) is 2.65. The van der Waals surface area contributed by atoms with Crippen LogP contribution in [0.2, 0.25) is 0 Å². The smallest absolute Gasteiger partial charge is 0.227 e. The molecule has 130 valence electrons. The van der Waals surface area contributed by atoms with Gasteiger partial charge in [0.05, 0.1) is 12.0 Å². The van der Waals surface area contributed by atoms with Gasteiger partial charge in [-0.05, 0) is 29.8 Å². The number of carbonyl (C=O) groups excluding carboxylic acids is 2. The maximum Gasteiger partial charge on any atom is 0.227 e. The summed E-state index contributed by atoms with van der Waals surface area (Å²) in [4.78, 5) is 26.2. The molecule has 1 saturated heterocycles. The SMILES string of the molecule is O=C(NC[C@@H](O)c1ccccc1)[C@@H]1CC(=O)N(c2ccc(Br)cc2)C1. The minimum absolute atomic E-state index is 0.0638. The first-order valence-electron chi connectivity index (χ1n) is 8.11. The molecular formula is C19H19BrN2O3. The number of aliphatic hydroxyl groups excluding tert-OH is 1. The van der Waals surface area contributed by atoms with Crippen LogP contribution in [-0.4, -0.2) is 30.0 Å². The summed E-state index contributed by atoms with van der Waals surface area (Å²) in [6.07, 6.45) is -0.576. The third-order valence-electron chi connectivity index (χ3n) is 4.29. The van der Waals surface area contributed by atoms with Gasteiger partial charge in [-0.15, -0.1) is 0 Å². The van der Waals surface area contributed by atoms with Gasteiger partial charge in [-0.3, -0.25) is 9.59 Å². The van der Waals surface area contributed by atoms with Gasteiger partial charge in [-0.1, -0.05) is 46.3 Å². The average Bonchev–Trinajstić information content (AvgIpc) is 3.02. The van der Waals surface area contributed by atoms with E-state index in [2.05, 4.69) is 21.2 Å². The van der Waals surface area contributed by atoms with Gasteiger partial charge in [0.1, 0.15) is 0 Å². The zero-order valence-electron chi connectivity index (χ0n) is 13.6. The van der Waals surface area contributed by atoms with Gasteiger partial charge in [-0.25, -0.2) is 0 Å². The Morgan fingerprint density at radius 1 is 1.20 bits per heavy atom. The zero-order chi connectivity index (χ0) is 17.8. The van der Waals surface area contributed by atoms with Crippen molar-refractivity contribution < 1.29 is 14.7 Å². The summed E-state index contributed by atoms with van der Waals surface area (Å²) < 4.78 is 0.937. The summed E-state index contributed by atoms with van der Waals surface area (Å²) in [5, 5.41) is 12.9. The highest BCUT2D eigenvalue weighted by Gasteiger charge is 2.35. The maximum atomic E-state index is 12.3. The highest BCUT2D eigenvalue weighted by atomic mass is 79.9. The lowest BCUT2D eigenvalue weighted by atomic mass is 10.1. The molecule has 1 aliphatic heterocycles. The highest BCUT2D eigenvalue weighted by molar-refractivity contribution is 9.10. The Balaban J connectivity index is 1.56. The van der Waals surface area contributed by atoms with Crippen molar-refractivity contribution in [1.82, 2.24) is 5.32 Å². The quantitative estimate of drug-likeness (QED) is 0.807. The van der Waals surface area contributed by atoms with Gasteiger partial charge in [0, 0.05) is 29.7 Å². The second kappa shape index (κ2) is 7.80. The summed E-state index contributed by atoms with van der Waals surface area (Å²) in [7, 11) is 0. The maximum absolute atomic E-state index is 12.3. The lowest BCUT2D eigenvalue weighted by molar-refractivity contribution is -0.126. The Bertz CT molecular complexity index is 749. The van der Waals surface area contributed by atoms with Crippen molar-refractivity contribution in [3.05, 3.63) is 64.6 Å². The number of halogens is 1. The number of hydrogen-bond acceptors (Lipinski definition) is 3. The first-order valence-corrected chi connectivity index (χ1v) is 8.90. The number of rotatable bonds is 5. The Labute approximate surface area is 154 Å². The monoisotopic (exact) mass is 402 g/mol. The second-order valence-corrected chi connectivity index (χ2v) is 6.97. The van der Waals surface area contributed by atoms with Crippen LogP contribution in [0, 0.1) is 5.92 Å². The fraction of sp³-hybridized carbons (Fsp3) is 0.263. The van der Waals surface area contributed by atoms with Crippen molar-refractivity contribution in [2.45, 2.75) is 12.5 Å². The molecule has 0 radical (unpaired) electrons. The molecule has 2 atom stereocenters. The molecule has 6 heteroatoms. The number of amides is 2. The van der Waals surface area contributed by atoms with Gasteiger partial charge in [0.2, 0.25) is 11.8 Å². The molecule has 0 saturated carbocycles. The van der Waals surface area contributed by atoms with Crippen molar-refractivity contribution in [1.29, 1.82) is 0 Å². The molecule has 2 aromatic carbocycles. The summed E-state index contributed by atoms with van der Waals surface area (Å²) in [6.45, 7) is 0.486. The largest absolute Gasteiger partial charge is 0.387 e. The van der Waals surface area contributed by atoms with E-state index in [1.165, 1.54) is 0 Å². The molecule has 1 fully saturated rings. The van der Waals surface area contributed by atoms with E-state index in [0.717, 1.165) is 15.7 Å². The molecule has 3 rings (SSSR count). The lowest BCUT2D eigenvalue weighted by Gasteiger charge is -2.17. The van der Waals surface area contributed by atoms with Gasteiger partial charge in [-0.2, -0.15) is 0 Å². The van der Waals surface area contributed by atoms with E-state index in [4.69, 9.17) is 0 Å². The number of nitrogens with zero attached hydrogens (tertiary/aromatic N) is 1. The van der Waals surface area contributed by atoms with Gasteiger partial charge < -0.3 is 15.3 Å². The van der Waals surface area contributed by atoms with Crippen LogP contribution in [0.4, 0.5) is 5.69 Å². The molecule has 0 aliphatic carbocycles. The minimum atomic E-state index is -0.759. The van der Waals surface area contributed by atoms with Gasteiger partial charge in [0.25, 0.3) is 0 Å². The first-order chi connectivity index (χ1) is 12.0. The first kappa shape index (κ1) is 17.6. The van der Waals surface area contributed by atoms with E-state index < -0.39 is 12.0 Å². The number of benzene rings is 2. The average molecular weight is 403 g/mol. The molecule has 0 aromatic heterocycles. The van der Waals surface area contributed by atoms with Crippen LogP contribution in [0.25, 0.3) is 0 Å². The molecule has 2 N–H and O–H groups in total. The summed E-state index contributed by atoms with van der Waals surface area (Å²) in [5.74, 6) is -0.673. The van der Waals surface area contributed by atoms with Crippen molar-refractivity contribution >= 4 is 33.4 Å². The van der Waals surface area contributed by atoms with E-state index in [1.807, 2.05) is 54.6 Å². The molecule has 5 nitrogen and oxygen atoms in total. The number of hydrogen-bond donors (Lipinski definition) is 2. The summed E-state index contributed by atoms with van der Waals surface area (Å²) >= 11 is 3.37. The molecule has 1 aliphatic rings. The van der Waals surface area contributed by atoms with E-state index >= 15 is 0 Å². The van der Waals surface area contributed by atoms with Crippen LogP contribution in [0.3, 0.4) is 0 Å². The van der Waals surface area contributed by atoms with E-state index in [9.17, 15) is 14.7 Å². The van der Waals surface area contributed by atoms with Crippen molar-refractivity contribution in [3.8, 4) is 0 Å². The molecule has 2 amide bonds. The van der Waals surface area contributed by atoms with Gasteiger partial charge >= 0.3 is 0 Å². The van der Waals surface area contributed by atoms with Crippen LogP contribution < -0.4 is 10.2 Å². The van der Waals surface area contributed by atoms with E-state index in [1.54, 1.807) is 4.90 Å². The number of aliphatic hydroxyl groups is 1. The van der Waals surface area contributed by atoms with E-state index in [0.29, 0.717) is 6.54 Å². The van der Waals surface area contributed by atoms with Crippen LogP contribution in [-0.2, 0) is 9.59 Å². The fourth-order valence-electron chi connectivity index (χ4n) is 2.89. The van der Waals surface area contributed by atoms with Crippen LogP contribution in [0.5, 0.6) is 0 Å². The van der Waals surface area contributed by atoms with Crippen molar-refractivity contribution in [2.24, 2.45) is 5.92 Å². The standard InChI is InChI=1S/C19H19BrN2O3/c20-15-6-8-16(9-7-15)22-12-14(10-18(22)24)19(25)21-11-17(23)13-4-2-1-3-5-13/h1-9,14,17,23H,10-12H2,(H,21,25)/t14-,17-/m1/s1. The third kappa shape index (κ3) is 4.27. The van der Waals surface area contributed by atoms with E-state index in [-0.39, 0.29) is 24.8 Å².